The third-order valence-electron chi connectivity index (χ3n) is 3.86. The molecular weight excluding hydrogens is 242 g/mol. The van der Waals surface area contributed by atoms with Gasteiger partial charge in [-0.3, -0.25) is 4.79 Å². The van der Waals surface area contributed by atoms with Gasteiger partial charge in [-0.25, -0.2) is 0 Å². The van der Waals surface area contributed by atoms with Crippen LogP contribution >= 0.6 is 0 Å². The van der Waals surface area contributed by atoms with Gasteiger partial charge in [-0.2, -0.15) is 0 Å². The second kappa shape index (κ2) is 6.65. The van der Waals surface area contributed by atoms with Crippen molar-refractivity contribution >= 4 is 5.91 Å². The molecule has 6 heteroatoms. The van der Waals surface area contributed by atoms with Crippen molar-refractivity contribution in [1.82, 2.24) is 20.1 Å². The Hall–Kier alpha value is -1.43. The van der Waals surface area contributed by atoms with Crippen LogP contribution in [-0.4, -0.2) is 33.3 Å². The molecule has 0 spiro atoms. The van der Waals surface area contributed by atoms with Crippen LogP contribution in [0.5, 0.6) is 0 Å². The highest BCUT2D eigenvalue weighted by atomic mass is 16.1. The molecule has 1 aliphatic carbocycles. The number of aromatic nitrogens is 3. The van der Waals surface area contributed by atoms with Gasteiger partial charge < -0.3 is 15.6 Å². The lowest BCUT2D eigenvalue weighted by Crippen LogP contribution is -2.42. The van der Waals surface area contributed by atoms with E-state index in [9.17, 15) is 4.79 Å². The van der Waals surface area contributed by atoms with Gasteiger partial charge in [-0.15, -0.1) is 10.2 Å². The van der Waals surface area contributed by atoms with Crippen LogP contribution in [0.4, 0.5) is 0 Å². The van der Waals surface area contributed by atoms with Crippen molar-refractivity contribution in [2.45, 2.75) is 44.6 Å². The molecule has 0 radical (unpaired) electrons. The Bertz CT molecular complexity index is 417. The number of hydrogen-bond acceptors (Lipinski definition) is 4. The molecule has 1 heterocycles. The lowest BCUT2D eigenvalue weighted by molar-refractivity contribution is -0.125. The zero-order valence-corrected chi connectivity index (χ0v) is 11.5. The van der Waals surface area contributed by atoms with E-state index < -0.39 is 0 Å². The molecule has 2 rings (SSSR count). The molecule has 1 aliphatic rings. The first-order chi connectivity index (χ1) is 9.18. The van der Waals surface area contributed by atoms with Crippen molar-refractivity contribution in [2.24, 2.45) is 18.7 Å². The minimum atomic E-state index is -0.0259. The van der Waals surface area contributed by atoms with E-state index >= 15 is 0 Å². The average molecular weight is 265 g/mol. The summed E-state index contributed by atoms with van der Waals surface area (Å²) in [6.07, 6.45) is 7.68. The van der Waals surface area contributed by atoms with Gasteiger partial charge in [-0.05, 0) is 12.8 Å². The van der Waals surface area contributed by atoms with Gasteiger partial charge >= 0.3 is 0 Å². The first-order valence-electron chi connectivity index (χ1n) is 7.04. The molecule has 1 aromatic rings. The van der Waals surface area contributed by atoms with Crippen LogP contribution in [0.15, 0.2) is 6.33 Å². The van der Waals surface area contributed by atoms with Crippen LogP contribution < -0.4 is 11.1 Å². The molecular formula is C13H23N5O. The van der Waals surface area contributed by atoms with Gasteiger partial charge in [0.2, 0.25) is 5.91 Å². The van der Waals surface area contributed by atoms with Gasteiger partial charge in [0.15, 0.2) is 0 Å². The summed E-state index contributed by atoms with van der Waals surface area (Å²) in [5.41, 5.74) is 6.08. The van der Waals surface area contributed by atoms with Gasteiger partial charge in [0.05, 0.1) is 5.92 Å². The van der Waals surface area contributed by atoms with Crippen molar-refractivity contribution in [3.05, 3.63) is 12.2 Å². The van der Waals surface area contributed by atoms with Crippen molar-refractivity contribution in [3.63, 3.8) is 0 Å². The summed E-state index contributed by atoms with van der Waals surface area (Å²) >= 11 is 0. The van der Waals surface area contributed by atoms with E-state index in [1.165, 1.54) is 6.42 Å². The number of nitrogens with one attached hydrogen (secondary N) is 1. The standard InChI is InChI=1S/C13H23N5O/c1-18-9-16-17-12(18)7-8-15-13(19)10-5-3-2-4-6-11(10)14/h9-11H,2-8,14H2,1H3,(H,15,19). The zero-order valence-electron chi connectivity index (χ0n) is 11.5. The SMILES string of the molecule is Cn1cnnc1CCNC(=O)C1CCCCCC1N. The lowest BCUT2D eigenvalue weighted by atomic mass is 9.94. The summed E-state index contributed by atoms with van der Waals surface area (Å²) in [7, 11) is 1.90. The average Bonchev–Trinajstić information content (AvgIpc) is 2.67. The Morgan fingerprint density at radius 1 is 1.47 bits per heavy atom. The van der Waals surface area contributed by atoms with Gasteiger partial charge in [-0.1, -0.05) is 19.3 Å². The maximum absolute atomic E-state index is 12.1. The largest absolute Gasteiger partial charge is 0.355 e. The highest BCUT2D eigenvalue weighted by Crippen LogP contribution is 2.22. The summed E-state index contributed by atoms with van der Waals surface area (Å²) < 4.78 is 1.86. The first kappa shape index (κ1) is 14.0. The fourth-order valence-electron chi connectivity index (χ4n) is 2.62. The monoisotopic (exact) mass is 265 g/mol. The topological polar surface area (TPSA) is 85.8 Å². The fourth-order valence-corrected chi connectivity index (χ4v) is 2.62. The molecule has 19 heavy (non-hydrogen) atoms. The molecule has 0 saturated heterocycles. The van der Waals surface area contributed by atoms with Crippen LogP contribution in [0.1, 0.15) is 37.9 Å². The van der Waals surface area contributed by atoms with E-state index in [-0.39, 0.29) is 17.9 Å². The normalized spacial score (nSPS) is 23.9. The molecule has 1 fully saturated rings. The summed E-state index contributed by atoms with van der Waals surface area (Å²) in [6.45, 7) is 0.592. The molecule has 106 valence electrons. The quantitative estimate of drug-likeness (QED) is 0.771. The number of nitrogens with zero attached hydrogens (tertiary/aromatic N) is 3. The molecule has 0 aliphatic heterocycles. The fraction of sp³-hybridized carbons (Fsp3) is 0.769. The zero-order chi connectivity index (χ0) is 13.7. The number of nitrogens with two attached hydrogens (primary N) is 1. The van der Waals surface area contributed by atoms with E-state index in [1.807, 2.05) is 11.6 Å². The van der Waals surface area contributed by atoms with Crippen LogP contribution in [0.3, 0.4) is 0 Å². The number of carbonyl (C=O) groups is 1. The molecule has 0 bridgehead atoms. The summed E-state index contributed by atoms with van der Waals surface area (Å²) in [5, 5.41) is 10.8. The Labute approximate surface area is 113 Å². The molecule has 1 aromatic heterocycles. The number of hydrogen-bond donors (Lipinski definition) is 2. The molecule has 6 nitrogen and oxygen atoms in total. The van der Waals surface area contributed by atoms with Crippen LogP contribution in [0, 0.1) is 5.92 Å². The number of aryl methyl sites for hydroxylation is 1. The minimum Gasteiger partial charge on any atom is -0.355 e. The predicted octanol–water partition coefficient (Wildman–Crippen LogP) is 0.381. The first-order valence-corrected chi connectivity index (χ1v) is 7.04. The summed E-state index contributed by atoms with van der Waals surface area (Å²) in [5.74, 6) is 0.948. The van der Waals surface area contributed by atoms with Crippen molar-refractivity contribution < 1.29 is 4.79 Å². The number of amides is 1. The Morgan fingerprint density at radius 3 is 3.00 bits per heavy atom. The second-order valence-electron chi connectivity index (χ2n) is 5.31. The van der Waals surface area contributed by atoms with E-state index in [1.54, 1.807) is 6.33 Å². The molecule has 0 aromatic carbocycles. The van der Waals surface area contributed by atoms with E-state index in [2.05, 4.69) is 15.5 Å². The second-order valence-corrected chi connectivity index (χ2v) is 5.31. The predicted molar refractivity (Wildman–Crippen MR) is 72.3 cm³/mol. The Morgan fingerprint density at radius 2 is 2.26 bits per heavy atom. The highest BCUT2D eigenvalue weighted by Gasteiger charge is 2.26. The van der Waals surface area contributed by atoms with E-state index in [0.29, 0.717) is 13.0 Å². The van der Waals surface area contributed by atoms with E-state index in [0.717, 1.165) is 31.5 Å². The molecule has 2 unspecified atom stereocenters. The third kappa shape index (κ3) is 3.76. The van der Waals surface area contributed by atoms with Gasteiger partial charge in [0.1, 0.15) is 12.2 Å². The van der Waals surface area contributed by atoms with Crippen molar-refractivity contribution in [2.75, 3.05) is 6.54 Å². The Kier molecular flexibility index (Phi) is 4.90. The van der Waals surface area contributed by atoms with Gasteiger partial charge in [0, 0.05) is 26.1 Å². The van der Waals surface area contributed by atoms with Crippen molar-refractivity contribution in [1.29, 1.82) is 0 Å². The minimum absolute atomic E-state index is 0.0114. The summed E-state index contributed by atoms with van der Waals surface area (Å²) in [4.78, 5) is 12.1. The summed E-state index contributed by atoms with van der Waals surface area (Å²) in [6, 6.07) is 0.0114. The maximum Gasteiger partial charge on any atom is 0.224 e. The highest BCUT2D eigenvalue weighted by molar-refractivity contribution is 5.79. The van der Waals surface area contributed by atoms with Crippen molar-refractivity contribution in [3.8, 4) is 0 Å². The van der Waals surface area contributed by atoms with Crippen LogP contribution in [0.25, 0.3) is 0 Å². The van der Waals surface area contributed by atoms with Crippen LogP contribution in [0.2, 0.25) is 0 Å². The maximum atomic E-state index is 12.1. The molecule has 2 atom stereocenters. The smallest absolute Gasteiger partial charge is 0.224 e. The molecule has 1 amide bonds. The molecule has 3 N–H and O–H groups in total. The number of carbonyl (C=O) groups excluding carboxylic acids is 1. The van der Waals surface area contributed by atoms with Crippen LogP contribution in [-0.2, 0) is 18.3 Å². The lowest BCUT2D eigenvalue weighted by Gasteiger charge is -2.20. The third-order valence-corrected chi connectivity index (χ3v) is 3.86. The molecule has 1 saturated carbocycles. The Balaban J connectivity index is 1.78. The van der Waals surface area contributed by atoms with E-state index in [4.69, 9.17) is 5.73 Å². The van der Waals surface area contributed by atoms with Gasteiger partial charge in [0.25, 0.3) is 0 Å². The number of rotatable bonds is 4.